The molecule has 2 aliphatic rings. The van der Waals surface area contributed by atoms with Gasteiger partial charge in [-0.1, -0.05) is 18.6 Å². The Morgan fingerprint density at radius 1 is 1.37 bits per heavy atom. The van der Waals surface area contributed by atoms with Crippen LogP contribution in [0.4, 0.5) is 11.4 Å². The lowest BCUT2D eigenvalue weighted by Gasteiger charge is -2.31. The molecule has 3 N–H and O–H groups in total. The molecule has 1 heterocycles. The van der Waals surface area contributed by atoms with Crippen molar-refractivity contribution in [3.63, 3.8) is 0 Å². The zero-order valence-corrected chi connectivity index (χ0v) is 11.1. The molecule has 0 saturated heterocycles. The number of nitrogens with zero attached hydrogens (tertiary/aromatic N) is 1. The highest BCUT2D eigenvalue weighted by Crippen LogP contribution is 2.32. The van der Waals surface area contributed by atoms with E-state index in [2.05, 4.69) is 5.32 Å². The van der Waals surface area contributed by atoms with Crippen LogP contribution in [-0.2, 0) is 4.79 Å². The van der Waals surface area contributed by atoms with Gasteiger partial charge in [0.2, 0.25) is 5.91 Å². The smallest absolute Gasteiger partial charge is 0.227 e. The van der Waals surface area contributed by atoms with Gasteiger partial charge in [0.25, 0.3) is 0 Å². The third-order valence-electron chi connectivity index (χ3n) is 4.30. The minimum atomic E-state index is 0.210. The standard InChI is InChI=1S/C15H21N3O/c16-12-5-3-4-11(12)10-15(19)18-9-8-17-13-6-1-2-7-14(13)18/h1-2,6-7,11-12,17H,3-5,8-10,16H2/t11-,12+/m0/s1. The number of carbonyl (C=O) groups is 1. The van der Waals surface area contributed by atoms with Crippen LogP contribution in [0, 0.1) is 5.92 Å². The first kappa shape index (κ1) is 12.5. The normalized spacial score (nSPS) is 25.8. The van der Waals surface area contributed by atoms with Crippen LogP contribution < -0.4 is 16.0 Å². The molecular formula is C15H21N3O. The molecular weight excluding hydrogens is 238 g/mol. The highest BCUT2D eigenvalue weighted by molar-refractivity contribution is 5.97. The average Bonchev–Trinajstić information content (AvgIpc) is 2.83. The number of amides is 1. The third-order valence-corrected chi connectivity index (χ3v) is 4.30. The fourth-order valence-corrected chi connectivity index (χ4v) is 3.19. The summed E-state index contributed by atoms with van der Waals surface area (Å²) in [5, 5.41) is 3.33. The van der Waals surface area contributed by atoms with Crippen molar-refractivity contribution in [1.82, 2.24) is 0 Å². The van der Waals surface area contributed by atoms with E-state index < -0.39 is 0 Å². The molecule has 0 bridgehead atoms. The monoisotopic (exact) mass is 259 g/mol. The highest BCUT2D eigenvalue weighted by Gasteiger charge is 2.29. The van der Waals surface area contributed by atoms with Gasteiger partial charge in [0, 0.05) is 25.6 Å². The van der Waals surface area contributed by atoms with E-state index in [9.17, 15) is 4.79 Å². The van der Waals surface area contributed by atoms with Crippen molar-refractivity contribution in [2.75, 3.05) is 23.3 Å². The summed E-state index contributed by atoms with van der Waals surface area (Å²) in [7, 11) is 0. The molecule has 2 atom stereocenters. The van der Waals surface area contributed by atoms with Gasteiger partial charge >= 0.3 is 0 Å². The molecule has 0 radical (unpaired) electrons. The summed E-state index contributed by atoms with van der Waals surface area (Å²) in [4.78, 5) is 14.4. The number of hydrogen-bond acceptors (Lipinski definition) is 3. The second-order valence-corrected chi connectivity index (χ2v) is 5.55. The predicted molar refractivity (Wildman–Crippen MR) is 77.2 cm³/mol. The number of rotatable bonds is 2. The lowest BCUT2D eigenvalue weighted by atomic mass is 9.99. The van der Waals surface area contributed by atoms with E-state index in [1.807, 2.05) is 29.2 Å². The maximum Gasteiger partial charge on any atom is 0.227 e. The van der Waals surface area contributed by atoms with Crippen LogP contribution in [0.5, 0.6) is 0 Å². The molecule has 4 heteroatoms. The maximum atomic E-state index is 12.5. The van der Waals surface area contributed by atoms with Crippen molar-refractivity contribution in [1.29, 1.82) is 0 Å². The summed E-state index contributed by atoms with van der Waals surface area (Å²) in [5.74, 6) is 0.589. The first-order valence-electron chi connectivity index (χ1n) is 7.14. The Morgan fingerprint density at radius 3 is 3.00 bits per heavy atom. The van der Waals surface area contributed by atoms with Gasteiger partial charge in [-0.2, -0.15) is 0 Å². The number of benzene rings is 1. The van der Waals surface area contributed by atoms with Crippen LogP contribution in [0.25, 0.3) is 0 Å². The first-order valence-corrected chi connectivity index (χ1v) is 7.14. The van der Waals surface area contributed by atoms with E-state index in [0.29, 0.717) is 12.3 Å². The predicted octanol–water partition coefficient (Wildman–Crippen LogP) is 1.96. The molecule has 0 aromatic heterocycles. The number of anilines is 2. The first-order chi connectivity index (χ1) is 9.25. The van der Waals surface area contributed by atoms with E-state index in [1.165, 1.54) is 0 Å². The molecule has 1 aliphatic heterocycles. The topological polar surface area (TPSA) is 58.4 Å². The van der Waals surface area contributed by atoms with Crippen LogP contribution in [0.15, 0.2) is 24.3 Å². The summed E-state index contributed by atoms with van der Waals surface area (Å²) in [5.41, 5.74) is 8.13. The Labute approximate surface area is 114 Å². The Bertz CT molecular complexity index is 474. The van der Waals surface area contributed by atoms with E-state index in [-0.39, 0.29) is 11.9 Å². The number of hydrogen-bond donors (Lipinski definition) is 2. The van der Waals surface area contributed by atoms with Gasteiger partial charge in [0.05, 0.1) is 11.4 Å². The van der Waals surface area contributed by atoms with Crippen LogP contribution in [0.2, 0.25) is 0 Å². The van der Waals surface area contributed by atoms with Crippen LogP contribution in [0.3, 0.4) is 0 Å². The Morgan fingerprint density at radius 2 is 2.21 bits per heavy atom. The number of carbonyl (C=O) groups excluding carboxylic acids is 1. The second-order valence-electron chi connectivity index (χ2n) is 5.55. The summed E-state index contributed by atoms with van der Waals surface area (Å²) < 4.78 is 0. The van der Waals surface area contributed by atoms with Gasteiger partial charge in [-0.3, -0.25) is 4.79 Å². The van der Waals surface area contributed by atoms with Crippen molar-refractivity contribution in [3.05, 3.63) is 24.3 Å². The van der Waals surface area contributed by atoms with Crippen LogP contribution >= 0.6 is 0 Å². The summed E-state index contributed by atoms with van der Waals surface area (Å²) >= 11 is 0. The lowest BCUT2D eigenvalue weighted by Crippen LogP contribution is -2.40. The van der Waals surface area contributed by atoms with Gasteiger partial charge in [-0.25, -0.2) is 0 Å². The van der Waals surface area contributed by atoms with Gasteiger partial charge in [-0.15, -0.1) is 0 Å². The zero-order valence-electron chi connectivity index (χ0n) is 11.1. The van der Waals surface area contributed by atoms with Crippen molar-refractivity contribution in [3.8, 4) is 0 Å². The highest BCUT2D eigenvalue weighted by atomic mass is 16.2. The van der Waals surface area contributed by atoms with Crippen molar-refractivity contribution < 1.29 is 4.79 Å². The molecule has 1 aliphatic carbocycles. The molecule has 102 valence electrons. The number of nitrogens with one attached hydrogen (secondary N) is 1. The van der Waals surface area contributed by atoms with Crippen molar-refractivity contribution >= 4 is 17.3 Å². The average molecular weight is 259 g/mol. The minimum absolute atomic E-state index is 0.210. The molecule has 19 heavy (non-hydrogen) atoms. The van der Waals surface area contributed by atoms with Gasteiger partial charge in [0.1, 0.15) is 0 Å². The Balaban J connectivity index is 1.74. The molecule has 1 aromatic carbocycles. The summed E-state index contributed by atoms with van der Waals surface area (Å²) in [6.45, 7) is 1.57. The fraction of sp³-hybridized carbons (Fsp3) is 0.533. The summed E-state index contributed by atoms with van der Waals surface area (Å²) in [6, 6.07) is 8.21. The van der Waals surface area contributed by atoms with E-state index in [4.69, 9.17) is 5.73 Å². The lowest BCUT2D eigenvalue weighted by molar-refractivity contribution is -0.119. The molecule has 0 spiro atoms. The maximum absolute atomic E-state index is 12.5. The Kier molecular flexibility index (Phi) is 3.42. The Hall–Kier alpha value is -1.55. The van der Waals surface area contributed by atoms with Gasteiger partial charge in [0.15, 0.2) is 0 Å². The number of para-hydroxylation sites is 2. The van der Waals surface area contributed by atoms with Crippen molar-refractivity contribution in [2.24, 2.45) is 11.7 Å². The number of nitrogens with two attached hydrogens (primary N) is 1. The van der Waals surface area contributed by atoms with Crippen LogP contribution in [-0.4, -0.2) is 25.0 Å². The van der Waals surface area contributed by atoms with Crippen LogP contribution in [0.1, 0.15) is 25.7 Å². The molecule has 1 aromatic rings. The molecule has 0 unspecified atom stereocenters. The third kappa shape index (κ3) is 2.45. The van der Waals surface area contributed by atoms with Gasteiger partial charge < -0.3 is 16.0 Å². The minimum Gasteiger partial charge on any atom is -0.382 e. The second kappa shape index (κ2) is 5.21. The SMILES string of the molecule is N[C@@H]1CCC[C@H]1CC(=O)N1CCNc2ccccc21. The van der Waals surface area contributed by atoms with E-state index >= 15 is 0 Å². The molecule has 3 rings (SSSR count). The van der Waals surface area contributed by atoms with E-state index in [0.717, 1.165) is 43.7 Å². The van der Waals surface area contributed by atoms with Gasteiger partial charge in [-0.05, 0) is 30.9 Å². The molecule has 1 fully saturated rings. The van der Waals surface area contributed by atoms with E-state index in [1.54, 1.807) is 0 Å². The zero-order chi connectivity index (χ0) is 13.2. The number of fused-ring (bicyclic) bond motifs is 1. The largest absolute Gasteiger partial charge is 0.382 e. The molecule has 1 amide bonds. The molecule has 4 nitrogen and oxygen atoms in total. The quantitative estimate of drug-likeness (QED) is 0.853. The fourth-order valence-electron chi connectivity index (χ4n) is 3.19. The summed E-state index contributed by atoms with van der Waals surface area (Å²) in [6.07, 6.45) is 3.92. The molecule has 1 saturated carbocycles. The van der Waals surface area contributed by atoms with Crippen molar-refractivity contribution in [2.45, 2.75) is 31.7 Å².